The van der Waals surface area contributed by atoms with Gasteiger partial charge in [0.15, 0.2) is 28.3 Å². The van der Waals surface area contributed by atoms with E-state index in [0.717, 1.165) is 17.1 Å². The number of ether oxygens (including phenoxy) is 1. The molecular formula is C26H25FN4O2S. The Bertz CT molecular complexity index is 1310. The summed E-state index contributed by atoms with van der Waals surface area (Å²) in [6, 6.07) is 17.7. The zero-order chi connectivity index (χ0) is 24.1. The molecule has 4 rings (SSSR count). The summed E-state index contributed by atoms with van der Waals surface area (Å²) in [6.45, 7) is 8.40. The van der Waals surface area contributed by atoms with Crippen molar-refractivity contribution >= 4 is 17.5 Å². The molecule has 34 heavy (non-hydrogen) atoms. The Morgan fingerprint density at radius 1 is 1.12 bits per heavy atom. The number of nitrogens with zero attached hydrogens (tertiary/aromatic N) is 4. The Labute approximate surface area is 202 Å². The third-order valence-corrected chi connectivity index (χ3v) is 6.36. The van der Waals surface area contributed by atoms with Crippen LogP contribution in [0.15, 0.2) is 78.5 Å². The molecule has 0 aliphatic carbocycles. The van der Waals surface area contributed by atoms with Crippen molar-refractivity contribution in [2.45, 2.75) is 32.2 Å². The van der Waals surface area contributed by atoms with Crippen LogP contribution in [0.1, 0.15) is 27.6 Å². The molecule has 0 N–H and O–H groups in total. The smallest absolute Gasteiger partial charge is 0.196 e. The molecule has 0 aliphatic rings. The number of benzene rings is 2. The first kappa shape index (κ1) is 23.5. The molecule has 0 unspecified atom stereocenters. The fourth-order valence-corrected chi connectivity index (χ4v) is 4.58. The second kappa shape index (κ2) is 10.5. The molecule has 174 valence electrons. The summed E-state index contributed by atoms with van der Waals surface area (Å²) >= 11 is 1.31. The van der Waals surface area contributed by atoms with E-state index in [1.54, 1.807) is 18.2 Å². The van der Waals surface area contributed by atoms with Crippen LogP contribution in [0.4, 0.5) is 4.39 Å². The van der Waals surface area contributed by atoms with Crippen LogP contribution in [0.2, 0.25) is 0 Å². The first-order valence-corrected chi connectivity index (χ1v) is 11.8. The second-order valence-electron chi connectivity index (χ2n) is 7.68. The molecule has 0 bridgehead atoms. The molecule has 4 aromatic rings. The molecule has 6 nitrogen and oxygen atoms in total. The van der Waals surface area contributed by atoms with Gasteiger partial charge in [-0.25, -0.2) is 4.39 Å². The van der Waals surface area contributed by atoms with Gasteiger partial charge >= 0.3 is 0 Å². The van der Waals surface area contributed by atoms with E-state index in [1.807, 2.05) is 60.9 Å². The number of rotatable bonds is 10. The molecule has 2 aromatic heterocycles. The summed E-state index contributed by atoms with van der Waals surface area (Å²) in [5, 5.41) is 9.13. The minimum Gasteiger partial charge on any atom is -0.483 e. The van der Waals surface area contributed by atoms with Crippen molar-refractivity contribution in [3.8, 4) is 11.4 Å². The van der Waals surface area contributed by atoms with E-state index in [9.17, 15) is 9.18 Å². The number of hydrogen-bond donors (Lipinski definition) is 0. The number of para-hydroxylation sites is 2. The number of thioether (sulfide) groups is 1. The lowest BCUT2D eigenvalue weighted by Gasteiger charge is -2.11. The topological polar surface area (TPSA) is 61.9 Å². The number of aryl methyl sites for hydroxylation is 1. The quantitative estimate of drug-likeness (QED) is 0.170. The van der Waals surface area contributed by atoms with Gasteiger partial charge in [-0.3, -0.25) is 9.36 Å². The van der Waals surface area contributed by atoms with Crippen LogP contribution in [0.25, 0.3) is 5.69 Å². The third-order valence-electron chi connectivity index (χ3n) is 5.43. The standard InChI is InChI=1S/C26H25FN4O2S/c1-4-14-30-18(2)15-21(19(30)3)23(32)17-34-26-29-28-25(31(26)20-10-6-5-7-11-20)16-33-24-13-9-8-12-22(24)27/h4-13,15H,1,14,16-17H2,2-3H3. The van der Waals surface area contributed by atoms with E-state index in [1.165, 1.54) is 17.8 Å². The molecule has 0 atom stereocenters. The molecule has 0 spiro atoms. The highest BCUT2D eigenvalue weighted by Crippen LogP contribution is 2.26. The average molecular weight is 477 g/mol. The summed E-state index contributed by atoms with van der Waals surface area (Å²) in [4.78, 5) is 13.0. The van der Waals surface area contributed by atoms with Crippen molar-refractivity contribution in [3.05, 3.63) is 102 Å². The van der Waals surface area contributed by atoms with Gasteiger partial charge in [0.25, 0.3) is 0 Å². The molecule has 8 heteroatoms. The Kier molecular flexibility index (Phi) is 7.27. The minimum absolute atomic E-state index is 0.0141. The van der Waals surface area contributed by atoms with E-state index < -0.39 is 5.82 Å². The molecule has 0 radical (unpaired) electrons. The van der Waals surface area contributed by atoms with Crippen molar-refractivity contribution in [1.82, 2.24) is 19.3 Å². The van der Waals surface area contributed by atoms with E-state index in [0.29, 0.717) is 23.1 Å². The van der Waals surface area contributed by atoms with Gasteiger partial charge in [0.05, 0.1) is 5.75 Å². The molecule has 2 aromatic carbocycles. The number of Topliss-reactive ketones (excluding diaryl/α,β-unsaturated/α-hetero) is 1. The Morgan fingerprint density at radius 3 is 2.59 bits per heavy atom. The Balaban J connectivity index is 1.56. The highest BCUT2D eigenvalue weighted by molar-refractivity contribution is 7.99. The average Bonchev–Trinajstić information content (AvgIpc) is 3.38. The van der Waals surface area contributed by atoms with Crippen LogP contribution in [0, 0.1) is 19.7 Å². The van der Waals surface area contributed by atoms with Crippen LogP contribution in [-0.2, 0) is 13.2 Å². The van der Waals surface area contributed by atoms with Crippen molar-refractivity contribution in [2.24, 2.45) is 0 Å². The van der Waals surface area contributed by atoms with E-state index in [-0.39, 0.29) is 23.9 Å². The predicted molar refractivity (Wildman–Crippen MR) is 131 cm³/mol. The Morgan fingerprint density at radius 2 is 1.85 bits per heavy atom. The van der Waals surface area contributed by atoms with Gasteiger partial charge in [0.1, 0.15) is 6.61 Å². The first-order chi connectivity index (χ1) is 16.5. The lowest BCUT2D eigenvalue weighted by Crippen LogP contribution is -2.09. The molecule has 0 saturated heterocycles. The van der Waals surface area contributed by atoms with Gasteiger partial charge in [-0.15, -0.1) is 16.8 Å². The largest absolute Gasteiger partial charge is 0.483 e. The molecule has 0 fully saturated rings. The zero-order valence-corrected chi connectivity index (χ0v) is 19.9. The van der Waals surface area contributed by atoms with Crippen molar-refractivity contribution in [3.63, 3.8) is 0 Å². The van der Waals surface area contributed by atoms with Gasteiger partial charge in [0, 0.05) is 29.2 Å². The van der Waals surface area contributed by atoms with Gasteiger partial charge in [-0.1, -0.05) is 48.2 Å². The van der Waals surface area contributed by atoms with Crippen LogP contribution in [0.5, 0.6) is 5.75 Å². The van der Waals surface area contributed by atoms with Gasteiger partial charge in [-0.2, -0.15) is 0 Å². The van der Waals surface area contributed by atoms with Crippen LogP contribution >= 0.6 is 11.8 Å². The minimum atomic E-state index is -0.442. The molecule has 0 aliphatic heterocycles. The summed E-state index contributed by atoms with van der Waals surface area (Å²) in [5.41, 5.74) is 3.47. The normalized spacial score (nSPS) is 10.9. The van der Waals surface area contributed by atoms with Crippen molar-refractivity contribution < 1.29 is 13.9 Å². The molecular weight excluding hydrogens is 451 g/mol. The number of halogens is 1. The fourth-order valence-electron chi connectivity index (χ4n) is 3.73. The van der Waals surface area contributed by atoms with Crippen LogP contribution in [0.3, 0.4) is 0 Å². The zero-order valence-electron chi connectivity index (χ0n) is 19.1. The maximum absolute atomic E-state index is 14.0. The van der Waals surface area contributed by atoms with E-state index >= 15 is 0 Å². The van der Waals surface area contributed by atoms with Crippen LogP contribution in [-0.4, -0.2) is 30.9 Å². The van der Waals surface area contributed by atoms with Gasteiger partial charge in [0.2, 0.25) is 0 Å². The van der Waals surface area contributed by atoms with Gasteiger partial charge < -0.3 is 9.30 Å². The number of hydrogen-bond acceptors (Lipinski definition) is 5. The summed E-state index contributed by atoms with van der Waals surface area (Å²) in [5.74, 6) is 0.429. The Hall–Kier alpha value is -3.65. The van der Waals surface area contributed by atoms with Crippen molar-refractivity contribution in [1.29, 1.82) is 0 Å². The third kappa shape index (κ3) is 4.97. The summed E-state index contributed by atoms with van der Waals surface area (Å²) in [6.07, 6.45) is 1.82. The van der Waals surface area contributed by atoms with E-state index in [4.69, 9.17) is 4.74 Å². The van der Waals surface area contributed by atoms with E-state index in [2.05, 4.69) is 21.3 Å². The number of allylic oxidation sites excluding steroid dienone is 1. The molecule has 2 heterocycles. The number of ketones is 1. The number of carbonyl (C=O) groups is 1. The fraction of sp³-hybridized carbons (Fsp3) is 0.192. The SMILES string of the molecule is C=CCn1c(C)cc(C(=O)CSc2nnc(COc3ccccc3F)n2-c2ccccc2)c1C. The van der Waals surface area contributed by atoms with Gasteiger partial charge in [-0.05, 0) is 44.2 Å². The lowest BCUT2D eigenvalue weighted by molar-refractivity contribution is 0.102. The summed E-state index contributed by atoms with van der Waals surface area (Å²) in [7, 11) is 0. The number of aromatic nitrogens is 4. The first-order valence-electron chi connectivity index (χ1n) is 10.8. The van der Waals surface area contributed by atoms with Crippen LogP contribution < -0.4 is 4.74 Å². The molecule has 0 saturated carbocycles. The maximum atomic E-state index is 14.0. The second-order valence-corrected chi connectivity index (χ2v) is 8.63. The predicted octanol–water partition coefficient (Wildman–Crippen LogP) is 5.56. The highest BCUT2D eigenvalue weighted by atomic mass is 32.2. The monoisotopic (exact) mass is 476 g/mol. The van der Waals surface area contributed by atoms with Crippen molar-refractivity contribution in [2.75, 3.05) is 5.75 Å². The molecule has 0 amide bonds. The summed E-state index contributed by atoms with van der Waals surface area (Å²) < 4.78 is 23.5. The maximum Gasteiger partial charge on any atom is 0.196 e. The number of carbonyl (C=O) groups excluding carboxylic acids is 1. The lowest BCUT2D eigenvalue weighted by atomic mass is 10.2. The highest BCUT2D eigenvalue weighted by Gasteiger charge is 2.20.